The van der Waals surface area contributed by atoms with Crippen molar-refractivity contribution in [1.82, 2.24) is 0 Å². The number of nitrogen functional groups attached to an aromatic ring is 1. The summed E-state index contributed by atoms with van der Waals surface area (Å²) in [5, 5.41) is 0.843. The van der Waals surface area contributed by atoms with E-state index >= 15 is 0 Å². The molecule has 3 heteroatoms. The summed E-state index contributed by atoms with van der Waals surface area (Å²) in [6.07, 6.45) is 0. The van der Waals surface area contributed by atoms with Gasteiger partial charge in [-0.25, -0.2) is 0 Å². The van der Waals surface area contributed by atoms with Crippen molar-refractivity contribution in [1.29, 1.82) is 0 Å². The lowest BCUT2D eigenvalue weighted by Gasteiger charge is -2.21. The van der Waals surface area contributed by atoms with E-state index in [1.807, 2.05) is 12.1 Å². The fraction of sp³-hybridized carbons (Fsp3) is 0.375. The average Bonchev–Trinajstić information content (AvgIpc) is 2.66. The van der Waals surface area contributed by atoms with Crippen molar-refractivity contribution in [3.8, 4) is 16.9 Å². The molecule has 0 amide bonds. The molecule has 0 fully saturated rings. The van der Waals surface area contributed by atoms with Crippen molar-refractivity contribution in [3.63, 3.8) is 0 Å². The maximum atomic E-state index is 5.91. The molecule has 1 aromatic carbocycles. The predicted octanol–water partition coefficient (Wildman–Crippen LogP) is 4.61. The quantitative estimate of drug-likeness (QED) is 0.868. The van der Waals surface area contributed by atoms with Crippen molar-refractivity contribution >= 4 is 16.3 Å². The monoisotopic (exact) mass is 275 g/mol. The number of thiophene rings is 1. The van der Waals surface area contributed by atoms with Gasteiger partial charge in [-0.3, -0.25) is 0 Å². The lowest BCUT2D eigenvalue weighted by atomic mass is 9.85. The van der Waals surface area contributed by atoms with Crippen LogP contribution in [0, 0.1) is 6.92 Å². The summed E-state index contributed by atoms with van der Waals surface area (Å²) >= 11 is 1.62. The Bertz CT molecular complexity index is 593. The summed E-state index contributed by atoms with van der Waals surface area (Å²) in [6.45, 7) is 8.74. The predicted molar refractivity (Wildman–Crippen MR) is 84.2 cm³/mol. The van der Waals surface area contributed by atoms with E-state index in [1.165, 1.54) is 16.0 Å². The molecule has 0 unspecified atom stereocenters. The molecule has 0 bridgehead atoms. The fourth-order valence-corrected chi connectivity index (χ4v) is 2.97. The first-order valence-electron chi connectivity index (χ1n) is 6.37. The molecule has 0 radical (unpaired) electrons. The zero-order valence-electron chi connectivity index (χ0n) is 12.2. The molecule has 2 nitrogen and oxygen atoms in total. The van der Waals surface area contributed by atoms with Crippen molar-refractivity contribution in [3.05, 3.63) is 34.7 Å². The first-order chi connectivity index (χ1) is 8.82. The zero-order valence-corrected chi connectivity index (χ0v) is 13.0. The summed E-state index contributed by atoms with van der Waals surface area (Å²) in [5.41, 5.74) is 9.63. The van der Waals surface area contributed by atoms with Crippen LogP contribution < -0.4 is 10.5 Å². The number of benzene rings is 1. The highest BCUT2D eigenvalue weighted by Gasteiger charge is 2.18. The summed E-state index contributed by atoms with van der Waals surface area (Å²) in [5.74, 6) is 0.897. The lowest BCUT2D eigenvalue weighted by molar-refractivity contribution is 0.416. The van der Waals surface area contributed by atoms with Gasteiger partial charge in [0.1, 0.15) is 5.75 Å². The lowest BCUT2D eigenvalue weighted by Crippen LogP contribution is -2.11. The van der Waals surface area contributed by atoms with Gasteiger partial charge in [-0.15, -0.1) is 11.3 Å². The highest BCUT2D eigenvalue weighted by atomic mass is 32.1. The SMILES string of the molecule is COc1ccc(C(C)(C)C)cc1-c1cc(N)sc1C. The molecule has 102 valence electrons. The second kappa shape index (κ2) is 4.89. The Balaban J connectivity index is 2.63. The Morgan fingerprint density at radius 1 is 1.11 bits per heavy atom. The maximum Gasteiger partial charge on any atom is 0.126 e. The van der Waals surface area contributed by atoms with E-state index in [0.717, 1.165) is 16.3 Å². The van der Waals surface area contributed by atoms with Crippen LogP contribution in [0.4, 0.5) is 5.00 Å². The fourth-order valence-electron chi connectivity index (χ4n) is 2.16. The van der Waals surface area contributed by atoms with Crippen LogP contribution in [-0.2, 0) is 5.41 Å². The van der Waals surface area contributed by atoms with Crippen molar-refractivity contribution in [2.24, 2.45) is 0 Å². The first kappa shape index (κ1) is 13.9. The molecule has 2 N–H and O–H groups in total. The summed E-state index contributed by atoms with van der Waals surface area (Å²) in [4.78, 5) is 1.22. The van der Waals surface area contributed by atoms with Crippen LogP contribution in [-0.4, -0.2) is 7.11 Å². The Morgan fingerprint density at radius 3 is 2.26 bits per heavy atom. The molecule has 0 aliphatic carbocycles. The van der Waals surface area contributed by atoms with Crippen LogP contribution in [0.3, 0.4) is 0 Å². The summed E-state index contributed by atoms with van der Waals surface area (Å²) < 4.78 is 5.50. The summed E-state index contributed by atoms with van der Waals surface area (Å²) in [7, 11) is 1.71. The van der Waals surface area contributed by atoms with Crippen LogP contribution >= 0.6 is 11.3 Å². The van der Waals surface area contributed by atoms with E-state index in [2.05, 4.69) is 39.8 Å². The number of rotatable bonds is 2. The molecule has 1 aromatic heterocycles. The van der Waals surface area contributed by atoms with Crippen molar-refractivity contribution < 1.29 is 4.74 Å². The minimum atomic E-state index is 0.122. The minimum Gasteiger partial charge on any atom is -0.496 e. The Labute approximate surface area is 119 Å². The minimum absolute atomic E-state index is 0.122. The highest BCUT2D eigenvalue weighted by Crippen LogP contribution is 2.39. The molecule has 0 saturated carbocycles. The molecule has 1 heterocycles. The van der Waals surface area contributed by atoms with Crippen LogP contribution in [0.25, 0.3) is 11.1 Å². The average molecular weight is 275 g/mol. The number of nitrogens with two attached hydrogens (primary N) is 1. The Hall–Kier alpha value is -1.48. The molecule has 0 aliphatic heterocycles. The van der Waals surface area contributed by atoms with Gasteiger partial charge in [0.05, 0.1) is 12.1 Å². The van der Waals surface area contributed by atoms with Crippen LogP contribution in [0.2, 0.25) is 0 Å². The van der Waals surface area contributed by atoms with Crippen molar-refractivity contribution in [2.75, 3.05) is 12.8 Å². The van der Waals surface area contributed by atoms with Gasteiger partial charge in [0.15, 0.2) is 0 Å². The summed E-state index contributed by atoms with van der Waals surface area (Å²) in [6, 6.07) is 8.42. The molecule has 19 heavy (non-hydrogen) atoms. The molecule has 0 saturated heterocycles. The number of hydrogen-bond acceptors (Lipinski definition) is 3. The molecule has 2 rings (SSSR count). The van der Waals surface area contributed by atoms with Gasteiger partial charge >= 0.3 is 0 Å². The second-order valence-electron chi connectivity index (χ2n) is 5.78. The third kappa shape index (κ3) is 2.76. The smallest absolute Gasteiger partial charge is 0.126 e. The van der Waals surface area contributed by atoms with Crippen LogP contribution in [0.1, 0.15) is 31.2 Å². The highest BCUT2D eigenvalue weighted by molar-refractivity contribution is 7.16. The Kier molecular flexibility index (Phi) is 3.59. The zero-order chi connectivity index (χ0) is 14.2. The number of anilines is 1. The van der Waals surface area contributed by atoms with Crippen LogP contribution in [0.5, 0.6) is 5.75 Å². The van der Waals surface area contributed by atoms with E-state index < -0.39 is 0 Å². The Morgan fingerprint density at radius 2 is 1.79 bits per heavy atom. The molecular formula is C16H21NOS. The number of hydrogen-bond donors (Lipinski definition) is 1. The molecular weight excluding hydrogens is 254 g/mol. The third-order valence-electron chi connectivity index (χ3n) is 3.29. The van der Waals surface area contributed by atoms with E-state index in [9.17, 15) is 0 Å². The second-order valence-corrected chi connectivity index (χ2v) is 7.07. The molecule has 0 atom stereocenters. The van der Waals surface area contributed by atoms with E-state index in [4.69, 9.17) is 10.5 Å². The van der Waals surface area contributed by atoms with Gasteiger partial charge in [0, 0.05) is 16.0 Å². The van der Waals surface area contributed by atoms with Gasteiger partial charge in [0.2, 0.25) is 0 Å². The van der Waals surface area contributed by atoms with E-state index in [1.54, 1.807) is 18.4 Å². The van der Waals surface area contributed by atoms with Crippen molar-refractivity contribution in [2.45, 2.75) is 33.1 Å². The molecule has 2 aromatic rings. The third-order valence-corrected chi connectivity index (χ3v) is 4.17. The van der Waals surface area contributed by atoms with Gasteiger partial charge in [-0.2, -0.15) is 0 Å². The van der Waals surface area contributed by atoms with Gasteiger partial charge in [0.25, 0.3) is 0 Å². The maximum absolute atomic E-state index is 5.91. The molecule has 0 aliphatic rings. The van der Waals surface area contributed by atoms with Crippen LogP contribution in [0.15, 0.2) is 24.3 Å². The molecule has 0 spiro atoms. The van der Waals surface area contributed by atoms with Gasteiger partial charge in [-0.05, 0) is 36.1 Å². The topological polar surface area (TPSA) is 35.2 Å². The van der Waals surface area contributed by atoms with E-state index in [-0.39, 0.29) is 5.41 Å². The van der Waals surface area contributed by atoms with Gasteiger partial charge in [-0.1, -0.05) is 26.8 Å². The largest absolute Gasteiger partial charge is 0.496 e. The van der Waals surface area contributed by atoms with Gasteiger partial charge < -0.3 is 10.5 Å². The number of aryl methyl sites for hydroxylation is 1. The normalized spacial score (nSPS) is 11.6. The van der Waals surface area contributed by atoms with E-state index in [0.29, 0.717) is 0 Å². The number of methoxy groups -OCH3 is 1. The standard InChI is InChI=1S/C16H21NOS/c1-10-12(9-15(17)19-10)13-8-11(16(2,3)4)6-7-14(13)18-5/h6-9H,17H2,1-5H3. The first-order valence-corrected chi connectivity index (χ1v) is 7.19. The number of ether oxygens (including phenoxy) is 1.